The van der Waals surface area contributed by atoms with E-state index in [0.717, 1.165) is 5.56 Å². The standard InChI is InChI=1S/C20H17Cl2N3O4/c1-10-6-15(24-29-10)25-9-20-5-4-14(28-20)16(17(20)19(25)27)18(26)23-8-11-2-3-12(21)7-13(11)22/h2-7,14,16-17H,8-9H2,1H3,(H,23,26)/t14-,16+,17+,20+/m1/s1. The number of aryl methyl sites for hydroxylation is 1. The lowest BCUT2D eigenvalue weighted by Crippen LogP contribution is -2.44. The van der Waals surface area contributed by atoms with Crippen LogP contribution >= 0.6 is 23.2 Å². The second-order valence-electron chi connectivity index (χ2n) is 7.57. The molecule has 29 heavy (non-hydrogen) atoms. The summed E-state index contributed by atoms with van der Waals surface area (Å²) in [5.74, 6) is -0.605. The van der Waals surface area contributed by atoms with E-state index >= 15 is 0 Å². The van der Waals surface area contributed by atoms with Crippen LogP contribution in [0.5, 0.6) is 0 Å². The van der Waals surface area contributed by atoms with E-state index in [-0.39, 0.29) is 18.4 Å². The largest absolute Gasteiger partial charge is 0.360 e. The van der Waals surface area contributed by atoms with Gasteiger partial charge in [0.15, 0.2) is 5.82 Å². The number of aromatic nitrogens is 1. The second-order valence-corrected chi connectivity index (χ2v) is 8.42. The molecule has 0 radical (unpaired) electrons. The minimum atomic E-state index is -0.811. The highest BCUT2D eigenvalue weighted by molar-refractivity contribution is 6.35. The van der Waals surface area contributed by atoms with Crippen LogP contribution in [0.2, 0.25) is 10.0 Å². The number of carbonyl (C=O) groups excluding carboxylic acids is 2. The van der Waals surface area contributed by atoms with Gasteiger partial charge in [-0.3, -0.25) is 14.5 Å². The molecule has 3 aliphatic rings. The third-order valence-corrected chi connectivity index (χ3v) is 6.35. The van der Waals surface area contributed by atoms with Crippen LogP contribution < -0.4 is 10.2 Å². The zero-order valence-electron chi connectivity index (χ0n) is 15.4. The number of nitrogens with zero attached hydrogens (tertiary/aromatic N) is 2. The van der Waals surface area contributed by atoms with Gasteiger partial charge in [-0.15, -0.1) is 0 Å². The molecule has 5 rings (SSSR count). The van der Waals surface area contributed by atoms with Gasteiger partial charge in [0.05, 0.1) is 24.5 Å². The van der Waals surface area contributed by atoms with Gasteiger partial charge >= 0.3 is 0 Å². The summed E-state index contributed by atoms with van der Waals surface area (Å²) in [6, 6.07) is 6.80. The first-order valence-electron chi connectivity index (χ1n) is 9.21. The van der Waals surface area contributed by atoms with Gasteiger partial charge in [0.1, 0.15) is 11.4 Å². The molecular formula is C20H17Cl2N3O4. The van der Waals surface area contributed by atoms with E-state index in [1.54, 1.807) is 31.2 Å². The average Bonchev–Trinajstić information content (AvgIpc) is 3.42. The summed E-state index contributed by atoms with van der Waals surface area (Å²) < 4.78 is 11.2. The fourth-order valence-corrected chi connectivity index (χ4v) is 4.91. The van der Waals surface area contributed by atoms with Crippen molar-refractivity contribution in [2.24, 2.45) is 11.8 Å². The van der Waals surface area contributed by atoms with Crippen LogP contribution in [-0.2, 0) is 20.9 Å². The summed E-state index contributed by atoms with van der Waals surface area (Å²) in [4.78, 5) is 27.7. The number of rotatable bonds is 4. The van der Waals surface area contributed by atoms with E-state index in [9.17, 15) is 9.59 Å². The van der Waals surface area contributed by atoms with Gasteiger partial charge in [-0.05, 0) is 24.6 Å². The van der Waals surface area contributed by atoms with Gasteiger partial charge in [-0.25, -0.2) is 0 Å². The molecular weight excluding hydrogens is 417 g/mol. The summed E-state index contributed by atoms with van der Waals surface area (Å²) in [6.07, 6.45) is 3.33. The first-order chi connectivity index (χ1) is 13.9. The first kappa shape index (κ1) is 18.7. The predicted molar refractivity (Wildman–Crippen MR) is 106 cm³/mol. The first-order valence-corrected chi connectivity index (χ1v) is 9.97. The lowest BCUT2D eigenvalue weighted by atomic mass is 9.77. The molecule has 2 fully saturated rings. The maximum atomic E-state index is 13.2. The highest BCUT2D eigenvalue weighted by Crippen LogP contribution is 2.52. The van der Waals surface area contributed by atoms with Gasteiger partial charge in [-0.1, -0.05) is 46.6 Å². The fraction of sp³-hybridized carbons (Fsp3) is 0.350. The molecule has 0 unspecified atom stereocenters. The Morgan fingerprint density at radius 1 is 1.38 bits per heavy atom. The number of amides is 2. The monoisotopic (exact) mass is 433 g/mol. The molecule has 2 saturated heterocycles. The Morgan fingerprint density at radius 2 is 2.21 bits per heavy atom. The number of hydrogen-bond donors (Lipinski definition) is 1. The Hall–Kier alpha value is -2.35. The van der Waals surface area contributed by atoms with E-state index in [0.29, 0.717) is 28.2 Å². The van der Waals surface area contributed by atoms with Crippen LogP contribution in [0.15, 0.2) is 40.9 Å². The Balaban J connectivity index is 1.36. The molecule has 0 saturated carbocycles. The van der Waals surface area contributed by atoms with Gasteiger partial charge in [-0.2, -0.15) is 0 Å². The van der Waals surface area contributed by atoms with Crippen molar-refractivity contribution in [3.8, 4) is 0 Å². The molecule has 4 heterocycles. The molecule has 7 nitrogen and oxygen atoms in total. The highest BCUT2D eigenvalue weighted by Gasteiger charge is 2.67. The van der Waals surface area contributed by atoms with Crippen LogP contribution in [0, 0.1) is 18.8 Å². The Labute approximate surface area is 176 Å². The van der Waals surface area contributed by atoms with Crippen LogP contribution in [0.1, 0.15) is 11.3 Å². The van der Waals surface area contributed by atoms with Crippen LogP contribution in [0.4, 0.5) is 5.82 Å². The lowest BCUT2D eigenvalue weighted by molar-refractivity contribution is -0.132. The van der Waals surface area contributed by atoms with Gasteiger partial charge in [0, 0.05) is 22.7 Å². The second kappa shape index (κ2) is 6.58. The average molecular weight is 434 g/mol. The van der Waals surface area contributed by atoms with Crippen molar-refractivity contribution >= 4 is 40.8 Å². The summed E-state index contributed by atoms with van der Waals surface area (Å²) >= 11 is 12.1. The molecule has 150 valence electrons. The molecule has 9 heteroatoms. The Kier molecular flexibility index (Phi) is 4.24. The topological polar surface area (TPSA) is 84.7 Å². The molecule has 3 aliphatic heterocycles. The Bertz CT molecular complexity index is 1050. The number of fused-ring (bicyclic) bond motifs is 1. The third kappa shape index (κ3) is 2.87. The van der Waals surface area contributed by atoms with E-state index in [2.05, 4.69) is 10.5 Å². The highest BCUT2D eigenvalue weighted by atomic mass is 35.5. The number of benzene rings is 1. The smallest absolute Gasteiger partial charge is 0.235 e. The van der Waals surface area contributed by atoms with Crippen LogP contribution in [0.3, 0.4) is 0 Å². The Morgan fingerprint density at radius 3 is 2.93 bits per heavy atom. The van der Waals surface area contributed by atoms with Crippen molar-refractivity contribution in [2.45, 2.75) is 25.2 Å². The van der Waals surface area contributed by atoms with Crippen molar-refractivity contribution in [2.75, 3.05) is 11.4 Å². The molecule has 1 N–H and O–H groups in total. The molecule has 0 aliphatic carbocycles. The van der Waals surface area contributed by atoms with Gasteiger partial charge in [0.2, 0.25) is 11.8 Å². The fourth-order valence-electron chi connectivity index (χ4n) is 4.44. The van der Waals surface area contributed by atoms with E-state index in [4.69, 9.17) is 32.5 Å². The van der Waals surface area contributed by atoms with E-state index in [1.165, 1.54) is 4.90 Å². The van der Waals surface area contributed by atoms with Crippen molar-refractivity contribution in [3.63, 3.8) is 0 Å². The number of carbonyl (C=O) groups is 2. The summed E-state index contributed by atoms with van der Waals surface area (Å²) in [6.45, 7) is 2.31. The summed E-state index contributed by atoms with van der Waals surface area (Å²) in [7, 11) is 0. The zero-order chi connectivity index (χ0) is 20.3. The number of ether oxygens (including phenoxy) is 1. The maximum absolute atomic E-state index is 13.2. The van der Waals surface area contributed by atoms with Crippen molar-refractivity contribution in [1.29, 1.82) is 0 Å². The van der Waals surface area contributed by atoms with Crippen molar-refractivity contribution in [3.05, 3.63) is 57.8 Å². The molecule has 1 spiro atoms. The number of nitrogens with one attached hydrogen (secondary N) is 1. The molecule has 4 atom stereocenters. The van der Waals surface area contributed by atoms with Gasteiger partial charge < -0.3 is 14.6 Å². The summed E-state index contributed by atoms with van der Waals surface area (Å²) in [5, 5.41) is 7.83. The normalized spacial score (nSPS) is 29.6. The summed E-state index contributed by atoms with van der Waals surface area (Å²) in [5.41, 5.74) is -0.0645. The molecule has 1 aromatic heterocycles. The minimum Gasteiger partial charge on any atom is -0.360 e. The SMILES string of the molecule is Cc1cc(N2C[C@]34C=C[C@@H](O3)[C@H](C(=O)NCc3ccc(Cl)cc3Cl)[C@H]4C2=O)no1. The number of anilines is 1. The van der Waals surface area contributed by atoms with E-state index < -0.39 is 23.5 Å². The maximum Gasteiger partial charge on any atom is 0.235 e. The number of hydrogen-bond acceptors (Lipinski definition) is 5. The molecule has 2 amide bonds. The molecule has 2 bridgehead atoms. The zero-order valence-corrected chi connectivity index (χ0v) is 16.9. The van der Waals surface area contributed by atoms with Crippen LogP contribution in [0.25, 0.3) is 0 Å². The van der Waals surface area contributed by atoms with Crippen LogP contribution in [-0.4, -0.2) is 35.2 Å². The van der Waals surface area contributed by atoms with E-state index in [1.807, 2.05) is 12.2 Å². The van der Waals surface area contributed by atoms with Gasteiger partial charge in [0.25, 0.3) is 0 Å². The lowest BCUT2D eigenvalue weighted by Gasteiger charge is -2.23. The van der Waals surface area contributed by atoms with Crippen molar-refractivity contribution in [1.82, 2.24) is 10.5 Å². The van der Waals surface area contributed by atoms with Crippen molar-refractivity contribution < 1.29 is 18.8 Å². The molecule has 1 aromatic carbocycles. The minimum absolute atomic E-state index is 0.185. The third-order valence-electron chi connectivity index (χ3n) is 5.76. The predicted octanol–water partition coefficient (Wildman–Crippen LogP) is 2.89. The number of halogens is 2. The molecule has 2 aromatic rings. The quantitative estimate of drug-likeness (QED) is 0.749.